The van der Waals surface area contributed by atoms with E-state index < -0.39 is 132 Å². The van der Waals surface area contributed by atoms with Gasteiger partial charge in [0.15, 0.2) is 0 Å². The monoisotopic (exact) mass is 1570 g/mol. The van der Waals surface area contributed by atoms with E-state index in [9.17, 15) is 29.1 Å². The fourth-order valence-corrected chi connectivity index (χ4v) is 15.2. The Hall–Kier alpha value is -9.88. The molecule has 2 saturated heterocycles. The summed E-state index contributed by atoms with van der Waals surface area (Å²) in [5.74, 6) is -7.64. The first-order valence-electron chi connectivity index (χ1n) is 39.8. The number of rotatable bonds is 15. The fraction of sp³-hybridized carbons (Fsp3) is 0.554. The van der Waals surface area contributed by atoms with Gasteiger partial charge in [0.25, 0.3) is 0 Å². The molecule has 12 bridgehead atoms. The SMILES string of the molecule is COc1ccc(C[C@@H]2NC(=O)[C@H]([C@@H](C)O)NC(=O)[C@@H]3[C@@H]4CCN3C(=O)[C@@H]3Cc5cn(c6ccc(F)cc56)CCCCCCN(Cc5ccc(cc5)CCNC(=O)[C@]5(C)CCCN5C2=O)C(=O)CCCCCC(=O)N[C@H](CNC(=O)CCOCCOCC[N+](C)(C)C)C(=O)N[C@@H](Cc2cccc(c2)CNC(=O)CO4)C(=O)N3)cc1. The van der Waals surface area contributed by atoms with Gasteiger partial charge in [-0.3, -0.25) is 52.7 Å². The lowest BCUT2D eigenvalue weighted by Gasteiger charge is -2.37. The van der Waals surface area contributed by atoms with Gasteiger partial charge < -0.3 is 90.3 Å². The molecule has 0 unspecified atom stereocenters. The molecule has 113 heavy (non-hydrogen) atoms. The second-order valence-corrected chi connectivity index (χ2v) is 31.5. The minimum absolute atomic E-state index is 0.00926. The van der Waals surface area contributed by atoms with E-state index in [-0.39, 0.29) is 96.7 Å². The van der Waals surface area contributed by atoms with Crippen molar-refractivity contribution in [3.05, 3.63) is 136 Å². The smallest absolute Gasteiger partial charge is 0.246 e. The number of aryl methyl sites for hydroxylation is 1. The van der Waals surface area contributed by atoms with Crippen molar-refractivity contribution in [3.63, 3.8) is 0 Å². The third-order valence-corrected chi connectivity index (χ3v) is 21.7. The number of methoxy groups -OCH3 is 1. The Kier molecular flexibility index (Phi) is 30.8. The molecular formula is C83H113FN13O16+. The van der Waals surface area contributed by atoms with E-state index in [1.54, 1.807) is 67.7 Å². The highest BCUT2D eigenvalue weighted by Crippen LogP contribution is 2.32. The maximum absolute atomic E-state index is 16.2. The van der Waals surface area contributed by atoms with Gasteiger partial charge in [0.05, 0.1) is 66.9 Å². The molecular weight excluding hydrogens is 1450 g/mol. The predicted molar refractivity (Wildman–Crippen MR) is 417 cm³/mol. The van der Waals surface area contributed by atoms with Crippen LogP contribution in [0.4, 0.5) is 4.39 Å². The maximum atomic E-state index is 16.2. The lowest BCUT2D eigenvalue weighted by molar-refractivity contribution is -0.870. The van der Waals surface area contributed by atoms with E-state index in [0.29, 0.717) is 121 Å². The quantitative estimate of drug-likeness (QED) is 0.0537. The van der Waals surface area contributed by atoms with E-state index in [1.807, 2.05) is 33.7 Å². The van der Waals surface area contributed by atoms with E-state index in [4.69, 9.17) is 18.9 Å². The summed E-state index contributed by atoms with van der Waals surface area (Å²) in [4.78, 5) is 168. The van der Waals surface area contributed by atoms with Crippen molar-refractivity contribution in [2.75, 3.05) is 101 Å². The highest BCUT2D eigenvalue weighted by Gasteiger charge is 2.50. The zero-order valence-corrected chi connectivity index (χ0v) is 66.0. The van der Waals surface area contributed by atoms with E-state index in [0.717, 1.165) is 35.4 Å². The van der Waals surface area contributed by atoms with Crippen LogP contribution in [-0.4, -0.2) is 248 Å². The Morgan fingerprint density at radius 1 is 0.673 bits per heavy atom. The lowest BCUT2D eigenvalue weighted by atomic mass is 9.95. The van der Waals surface area contributed by atoms with Crippen molar-refractivity contribution in [2.24, 2.45) is 0 Å². The Morgan fingerprint density at radius 3 is 2.14 bits per heavy atom. The number of nitrogens with one attached hydrogen (secondary N) is 8. The Morgan fingerprint density at radius 2 is 1.39 bits per heavy atom. The van der Waals surface area contributed by atoms with Gasteiger partial charge in [0.2, 0.25) is 65.0 Å². The summed E-state index contributed by atoms with van der Waals surface area (Å²) in [5.41, 5.74) is 3.04. The van der Waals surface area contributed by atoms with Crippen LogP contribution in [0.15, 0.2) is 97.2 Å². The number of aromatic nitrogens is 1. The first-order valence-corrected chi connectivity index (χ1v) is 39.8. The number of nitrogens with zero attached hydrogens (tertiary/aromatic N) is 5. The molecule has 30 heteroatoms. The van der Waals surface area contributed by atoms with Gasteiger partial charge in [0.1, 0.15) is 66.5 Å². The average molecular weight is 1570 g/mol. The molecule has 1 aromatic heterocycles. The number of fused-ring (bicyclic) bond motifs is 16. The highest BCUT2D eigenvalue weighted by atomic mass is 19.1. The fourth-order valence-electron chi connectivity index (χ4n) is 15.2. The summed E-state index contributed by atoms with van der Waals surface area (Å²) in [6, 6.07) is 16.0. The van der Waals surface area contributed by atoms with Gasteiger partial charge in [-0.2, -0.15) is 0 Å². The van der Waals surface area contributed by atoms with Crippen LogP contribution in [0.3, 0.4) is 0 Å². The molecule has 0 radical (unpaired) electrons. The van der Waals surface area contributed by atoms with Gasteiger partial charge >= 0.3 is 0 Å². The molecule has 6 aliphatic heterocycles. The number of halogens is 1. The first-order chi connectivity index (χ1) is 54.2. The summed E-state index contributed by atoms with van der Waals surface area (Å²) in [6.45, 7) is 4.92. The number of aliphatic hydroxyl groups excluding tert-OH is 1. The van der Waals surface area contributed by atoms with Gasteiger partial charge in [-0.1, -0.05) is 79.9 Å². The van der Waals surface area contributed by atoms with Crippen molar-refractivity contribution in [3.8, 4) is 5.75 Å². The first kappa shape index (κ1) is 85.5. The second kappa shape index (κ2) is 40.7. The second-order valence-electron chi connectivity index (χ2n) is 31.5. The lowest BCUT2D eigenvalue weighted by Crippen LogP contribution is -2.64. The van der Waals surface area contributed by atoms with Crippen molar-refractivity contribution in [1.29, 1.82) is 0 Å². The average Bonchev–Trinajstić information content (AvgIpc) is 1.67. The van der Waals surface area contributed by atoms with Crippen molar-refractivity contribution >= 4 is 75.9 Å². The molecule has 4 aromatic carbocycles. The van der Waals surface area contributed by atoms with Gasteiger partial charge in [-0.25, -0.2) is 4.39 Å². The molecule has 29 nitrogen and oxygen atoms in total. The van der Waals surface area contributed by atoms with Crippen LogP contribution >= 0.6 is 0 Å². The summed E-state index contributed by atoms with van der Waals surface area (Å²) in [7, 11) is 7.65. The minimum Gasteiger partial charge on any atom is -0.497 e. The van der Waals surface area contributed by atoms with Gasteiger partial charge in [-0.05, 0) is 129 Å². The molecule has 0 aliphatic carbocycles. The molecule has 9 atom stereocenters. The van der Waals surface area contributed by atoms with Crippen LogP contribution in [-0.2, 0) is 112 Å². The van der Waals surface area contributed by atoms with Gasteiger partial charge in [-0.15, -0.1) is 0 Å². The van der Waals surface area contributed by atoms with E-state index in [2.05, 4.69) is 63.7 Å². The number of likely N-dealkylation sites (N-methyl/N-ethyl adjacent to an activating group) is 1. The molecule has 11 rings (SSSR count). The molecule has 612 valence electrons. The Labute approximate surface area is 659 Å². The van der Waals surface area contributed by atoms with Gasteiger partial charge in [0, 0.05) is 108 Å². The third kappa shape index (κ3) is 24.3. The minimum atomic E-state index is -1.84. The molecule has 0 spiro atoms. The van der Waals surface area contributed by atoms with Crippen molar-refractivity contribution in [2.45, 2.75) is 197 Å². The Balaban J connectivity index is 1.05. The van der Waals surface area contributed by atoms with Crippen LogP contribution < -0.4 is 47.3 Å². The van der Waals surface area contributed by atoms with Crippen LogP contribution in [0.5, 0.6) is 5.75 Å². The molecule has 11 amide bonds. The predicted octanol–water partition coefficient (Wildman–Crippen LogP) is 3.09. The number of amides is 11. The number of quaternary nitrogens is 1. The van der Waals surface area contributed by atoms with Crippen LogP contribution in [0, 0.1) is 5.82 Å². The van der Waals surface area contributed by atoms with Crippen LogP contribution in [0.25, 0.3) is 10.9 Å². The standard InChI is InChI=1S/C83H112FN13O16/c1-54(98)74-78(105)91-65(45-56-24-27-62(110-6)28-25-56)81(108)96-37-15-33-83(96,2)82(109)85-34-30-55-20-22-57(23-21-55)51-94-36-13-8-7-12-35-93-52-60(63-48-61(84)26-29-68(63)93)47-66-80(107)95-38-31-69(75(95)79(106)92-74)113-53-72(101)86-49-59-17-14-16-58(44-59)46-64(76(103)90-66)89-77(104)67(88-71(100)18-10-9-11-19-73(94)102)50-87-70(99)32-40-111-42-43-112-41-39-97(3,4)5/h14,16-17,20-29,44,48,52,54,64-67,69,74-75,98H,7-13,15,18-19,30-43,45-47,49-51,53H2,1-6H3,(H7-,85,86,87,88,89,90,91,92,99,100,101,103,104,105,106,109)/p+1/t54-,64+,65+,66+,67-,69+,74+,75+,83+/m1/s1. The molecule has 0 saturated carbocycles. The zero-order valence-electron chi connectivity index (χ0n) is 66.0. The third-order valence-electron chi connectivity index (χ3n) is 21.7. The number of aliphatic hydroxyl groups is 1. The molecule has 5 aromatic rings. The number of ether oxygens (including phenoxy) is 4. The summed E-state index contributed by atoms with van der Waals surface area (Å²) >= 11 is 0. The van der Waals surface area contributed by atoms with Crippen molar-refractivity contribution < 1.29 is 85.7 Å². The van der Waals surface area contributed by atoms with E-state index >= 15 is 33.2 Å². The topological polar surface area (TPSA) is 356 Å². The number of carbonyl (C=O) groups is 11. The largest absolute Gasteiger partial charge is 0.497 e. The summed E-state index contributed by atoms with van der Waals surface area (Å²) in [6.07, 6.45) is 3.15. The zero-order chi connectivity index (χ0) is 80.8. The normalized spacial score (nSPS) is 24.2. The number of hydrogen-bond acceptors (Lipinski definition) is 16. The molecule has 7 heterocycles. The molecule has 9 N–H and O–H groups in total. The summed E-state index contributed by atoms with van der Waals surface area (Å²) in [5, 5.41) is 34.7. The van der Waals surface area contributed by atoms with Crippen LogP contribution in [0.2, 0.25) is 0 Å². The number of carbonyl (C=O) groups excluding carboxylic acids is 11. The molecule has 6 aliphatic rings. The highest BCUT2D eigenvalue weighted by molar-refractivity contribution is 6.00. The molecule has 2 fully saturated rings. The van der Waals surface area contributed by atoms with E-state index in [1.165, 1.54) is 31.1 Å². The summed E-state index contributed by atoms with van der Waals surface area (Å²) < 4.78 is 41.6. The number of hydrogen-bond donors (Lipinski definition) is 9. The maximum Gasteiger partial charge on any atom is 0.246 e. The van der Waals surface area contributed by atoms with Crippen LogP contribution in [0.1, 0.15) is 131 Å². The van der Waals surface area contributed by atoms with Crippen molar-refractivity contribution in [1.82, 2.24) is 61.8 Å². The Bertz CT molecular complexity index is 4150. The number of benzene rings is 4.